The number of benzene rings is 2. The van der Waals surface area contributed by atoms with E-state index in [0.29, 0.717) is 25.2 Å². The zero-order chi connectivity index (χ0) is 20.8. The van der Waals surface area contributed by atoms with E-state index >= 15 is 0 Å². The lowest BCUT2D eigenvalue weighted by atomic mass is 9.94. The number of rotatable bonds is 6. The molecule has 7 nitrogen and oxygen atoms in total. The molecule has 0 saturated carbocycles. The van der Waals surface area contributed by atoms with E-state index < -0.39 is 0 Å². The zero-order valence-electron chi connectivity index (χ0n) is 16.4. The van der Waals surface area contributed by atoms with Crippen LogP contribution >= 0.6 is 0 Å². The normalized spacial score (nSPS) is 15.9. The number of nitrogens with zero attached hydrogens (tertiary/aromatic N) is 1. The minimum Gasteiger partial charge on any atom is -0.353 e. The first-order chi connectivity index (χ1) is 14.0. The van der Waals surface area contributed by atoms with Gasteiger partial charge in [0.05, 0.1) is 12.5 Å². The zero-order valence-corrected chi connectivity index (χ0v) is 16.4. The molecule has 1 aliphatic rings. The maximum atomic E-state index is 12.5. The predicted octanol–water partition coefficient (Wildman–Crippen LogP) is 1.21. The smallest absolute Gasteiger partial charge is 0.254 e. The first-order valence-corrected chi connectivity index (χ1v) is 9.69. The van der Waals surface area contributed by atoms with E-state index in [1.165, 1.54) is 4.90 Å². The van der Waals surface area contributed by atoms with Crippen molar-refractivity contribution >= 4 is 17.7 Å². The largest absolute Gasteiger partial charge is 0.353 e. The molecule has 7 heteroatoms. The molecule has 0 aromatic heterocycles. The summed E-state index contributed by atoms with van der Waals surface area (Å²) in [5, 5.41) is 5.60. The minimum atomic E-state index is -0.377. The lowest BCUT2D eigenvalue weighted by molar-refractivity contribution is -0.125. The summed E-state index contributed by atoms with van der Waals surface area (Å²) in [4.78, 5) is 37.9. The van der Waals surface area contributed by atoms with Crippen LogP contribution in [0.25, 0.3) is 0 Å². The van der Waals surface area contributed by atoms with Crippen molar-refractivity contribution in [3.8, 4) is 0 Å². The number of nitrogens with two attached hydrogens (primary N) is 1. The Balaban J connectivity index is 1.53. The Hall–Kier alpha value is -3.19. The van der Waals surface area contributed by atoms with Gasteiger partial charge in [-0.15, -0.1) is 0 Å². The van der Waals surface area contributed by atoms with Crippen LogP contribution in [-0.4, -0.2) is 42.3 Å². The number of carbonyl (C=O) groups is 3. The number of hydrogen-bond acceptors (Lipinski definition) is 4. The average molecular weight is 394 g/mol. The summed E-state index contributed by atoms with van der Waals surface area (Å²) in [5.41, 5.74) is 8.54. The maximum Gasteiger partial charge on any atom is 0.254 e. The summed E-state index contributed by atoms with van der Waals surface area (Å²) in [7, 11) is 0. The Morgan fingerprint density at radius 2 is 1.83 bits per heavy atom. The molecule has 1 fully saturated rings. The molecule has 2 aromatic rings. The summed E-state index contributed by atoms with van der Waals surface area (Å²) < 4.78 is 0. The Kier molecular flexibility index (Phi) is 6.61. The van der Waals surface area contributed by atoms with Crippen LogP contribution in [-0.2, 0) is 16.1 Å². The van der Waals surface area contributed by atoms with Gasteiger partial charge in [-0.1, -0.05) is 49.4 Å². The fourth-order valence-corrected chi connectivity index (χ4v) is 3.24. The Bertz CT molecular complexity index is 867. The third kappa shape index (κ3) is 5.20. The van der Waals surface area contributed by atoms with Gasteiger partial charge in [0, 0.05) is 31.2 Å². The average Bonchev–Trinajstić information content (AvgIpc) is 2.77. The van der Waals surface area contributed by atoms with Gasteiger partial charge in [-0.25, -0.2) is 0 Å². The molecule has 0 bridgehead atoms. The van der Waals surface area contributed by atoms with Crippen LogP contribution in [0.1, 0.15) is 34.5 Å². The van der Waals surface area contributed by atoms with Crippen LogP contribution < -0.4 is 16.4 Å². The van der Waals surface area contributed by atoms with E-state index in [1.54, 1.807) is 24.3 Å². The second-order valence-corrected chi connectivity index (χ2v) is 7.22. The minimum absolute atomic E-state index is 0.0796. The first-order valence-electron chi connectivity index (χ1n) is 9.69. The van der Waals surface area contributed by atoms with Crippen LogP contribution in [0, 0.1) is 5.92 Å². The summed E-state index contributed by atoms with van der Waals surface area (Å²) in [6.07, 6.45) is 0. The number of hydrogen-bond donors (Lipinski definition) is 3. The van der Waals surface area contributed by atoms with Gasteiger partial charge in [0.2, 0.25) is 11.8 Å². The van der Waals surface area contributed by atoms with Gasteiger partial charge in [-0.05, 0) is 23.3 Å². The van der Waals surface area contributed by atoms with Gasteiger partial charge in [0.25, 0.3) is 5.91 Å². The van der Waals surface area contributed by atoms with E-state index in [1.807, 2.05) is 37.3 Å². The van der Waals surface area contributed by atoms with Gasteiger partial charge >= 0.3 is 0 Å². The van der Waals surface area contributed by atoms with Crippen molar-refractivity contribution in [2.75, 3.05) is 19.6 Å². The van der Waals surface area contributed by atoms with Crippen molar-refractivity contribution in [2.45, 2.75) is 19.5 Å². The Morgan fingerprint density at radius 3 is 2.48 bits per heavy atom. The van der Waals surface area contributed by atoms with Crippen molar-refractivity contribution in [1.29, 1.82) is 0 Å². The van der Waals surface area contributed by atoms with Crippen molar-refractivity contribution in [3.63, 3.8) is 0 Å². The number of piperazine rings is 1. The molecule has 3 rings (SSSR count). The highest BCUT2D eigenvalue weighted by atomic mass is 16.2. The fraction of sp³-hybridized carbons (Fsp3) is 0.318. The molecule has 1 saturated heterocycles. The SMILES string of the molecule is CC(C(=O)NCc1ccc(C(=O)N2CCNC(=O)C2)cc1)C(N)c1ccccc1. The second kappa shape index (κ2) is 9.34. The van der Waals surface area contributed by atoms with Crippen LogP contribution in [0.4, 0.5) is 0 Å². The molecule has 1 heterocycles. The standard InChI is InChI=1S/C22H26N4O3/c1-15(20(23)17-5-3-2-4-6-17)21(28)25-13-16-7-9-18(10-8-16)22(29)26-12-11-24-19(27)14-26/h2-10,15,20H,11-14,23H2,1H3,(H,24,27)(H,25,28). The molecule has 0 radical (unpaired) electrons. The highest BCUT2D eigenvalue weighted by Crippen LogP contribution is 2.19. The Labute approximate surface area is 170 Å². The van der Waals surface area contributed by atoms with E-state index in [4.69, 9.17) is 5.73 Å². The molecule has 0 aliphatic carbocycles. The summed E-state index contributed by atoms with van der Waals surface area (Å²) in [6.45, 7) is 3.21. The second-order valence-electron chi connectivity index (χ2n) is 7.22. The van der Waals surface area contributed by atoms with Crippen molar-refractivity contribution in [3.05, 3.63) is 71.3 Å². The molecule has 0 spiro atoms. The Morgan fingerprint density at radius 1 is 1.14 bits per heavy atom. The predicted molar refractivity (Wildman–Crippen MR) is 110 cm³/mol. The number of carbonyl (C=O) groups excluding carboxylic acids is 3. The van der Waals surface area contributed by atoms with Gasteiger partial charge in [0.1, 0.15) is 0 Å². The van der Waals surface area contributed by atoms with Crippen LogP contribution in [0.5, 0.6) is 0 Å². The van der Waals surface area contributed by atoms with Crippen LogP contribution in [0.2, 0.25) is 0 Å². The maximum absolute atomic E-state index is 12.5. The topological polar surface area (TPSA) is 105 Å². The quantitative estimate of drug-likeness (QED) is 0.685. The van der Waals surface area contributed by atoms with E-state index in [2.05, 4.69) is 10.6 Å². The van der Waals surface area contributed by atoms with Crippen molar-refractivity contribution in [2.24, 2.45) is 11.7 Å². The first kappa shape index (κ1) is 20.5. The molecule has 2 unspecified atom stereocenters. The number of amides is 3. The van der Waals surface area contributed by atoms with E-state index in [9.17, 15) is 14.4 Å². The van der Waals surface area contributed by atoms with Gasteiger partial charge in [-0.3, -0.25) is 14.4 Å². The van der Waals surface area contributed by atoms with Gasteiger partial charge < -0.3 is 21.3 Å². The van der Waals surface area contributed by atoms with Crippen LogP contribution in [0.15, 0.2) is 54.6 Å². The van der Waals surface area contributed by atoms with Gasteiger partial charge in [0.15, 0.2) is 0 Å². The molecular weight excluding hydrogens is 368 g/mol. The summed E-state index contributed by atoms with van der Waals surface area (Å²) >= 11 is 0. The highest BCUT2D eigenvalue weighted by molar-refractivity contribution is 5.97. The molecule has 4 N–H and O–H groups in total. The highest BCUT2D eigenvalue weighted by Gasteiger charge is 2.23. The van der Waals surface area contributed by atoms with Crippen molar-refractivity contribution < 1.29 is 14.4 Å². The summed E-state index contributed by atoms with van der Waals surface area (Å²) in [5.74, 6) is -0.811. The lowest BCUT2D eigenvalue weighted by Gasteiger charge is -2.26. The van der Waals surface area contributed by atoms with E-state index in [0.717, 1.165) is 11.1 Å². The number of nitrogens with one attached hydrogen (secondary N) is 2. The molecule has 2 atom stereocenters. The van der Waals surface area contributed by atoms with Crippen molar-refractivity contribution in [1.82, 2.24) is 15.5 Å². The van der Waals surface area contributed by atoms with Gasteiger partial charge in [-0.2, -0.15) is 0 Å². The molecule has 1 aliphatic heterocycles. The molecule has 2 aromatic carbocycles. The lowest BCUT2D eigenvalue weighted by Crippen LogP contribution is -2.49. The molecular formula is C22H26N4O3. The van der Waals surface area contributed by atoms with E-state index in [-0.39, 0.29) is 36.2 Å². The monoisotopic (exact) mass is 394 g/mol. The third-order valence-electron chi connectivity index (χ3n) is 5.13. The summed E-state index contributed by atoms with van der Waals surface area (Å²) in [6, 6.07) is 16.2. The molecule has 29 heavy (non-hydrogen) atoms. The molecule has 152 valence electrons. The fourth-order valence-electron chi connectivity index (χ4n) is 3.24. The third-order valence-corrected chi connectivity index (χ3v) is 5.13. The van der Waals surface area contributed by atoms with Crippen LogP contribution in [0.3, 0.4) is 0 Å². The molecule has 3 amide bonds.